The second-order valence-corrected chi connectivity index (χ2v) is 7.28. The summed E-state index contributed by atoms with van der Waals surface area (Å²) in [6, 6.07) is 11.1. The lowest BCUT2D eigenvalue weighted by molar-refractivity contribution is -0.133. The lowest BCUT2D eigenvalue weighted by Crippen LogP contribution is -2.32. The third-order valence-electron chi connectivity index (χ3n) is 5.19. The second kappa shape index (κ2) is 8.03. The van der Waals surface area contributed by atoms with E-state index in [2.05, 4.69) is 5.32 Å². The van der Waals surface area contributed by atoms with E-state index in [1.54, 1.807) is 25.2 Å². The monoisotopic (exact) mass is 396 g/mol. The van der Waals surface area contributed by atoms with Crippen LogP contribution in [0.25, 0.3) is 0 Å². The highest BCUT2D eigenvalue weighted by molar-refractivity contribution is 5.94. The van der Waals surface area contributed by atoms with Crippen LogP contribution in [0.3, 0.4) is 0 Å². The molecule has 0 bridgehead atoms. The maximum atomic E-state index is 12.7. The Hall–Kier alpha value is -3.22. The van der Waals surface area contributed by atoms with Gasteiger partial charge in [-0.2, -0.15) is 0 Å². The minimum Gasteiger partial charge on any atom is -0.493 e. The van der Waals surface area contributed by atoms with Gasteiger partial charge in [0.2, 0.25) is 5.91 Å². The SMILES string of the molecule is COc1cccc(CN2Cc3cc(NC(=O)C4CC4)ccc3OCC2=O)c1OC. The van der Waals surface area contributed by atoms with Gasteiger partial charge in [0.1, 0.15) is 5.75 Å². The van der Waals surface area contributed by atoms with Gasteiger partial charge in [-0.3, -0.25) is 9.59 Å². The molecule has 1 saturated carbocycles. The normalized spacial score (nSPS) is 15.8. The largest absolute Gasteiger partial charge is 0.493 e. The zero-order chi connectivity index (χ0) is 20.4. The van der Waals surface area contributed by atoms with Crippen molar-refractivity contribution in [3.8, 4) is 17.2 Å². The van der Waals surface area contributed by atoms with Gasteiger partial charge in [-0.05, 0) is 37.1 Å². The Bertz CT molecular complexity index is 939. The maximum Gasteiger partial charge on any atom is 0.261 e. The Morgan fingerprint density at radius 2 is 2.03 bits per heavy atom. The Morgan fingerprint density at radius 3 is 2.76 bits per heavy atom. The number of nitrogens with zero attached hydrogens (tertiary/aromatic N) is 1. The number of fused-ring (bicyclic) bond motifs is 1. The van der Waals surface area contributed by atoms with Crippen molar-refractivity contribution in [3.63, 3.8) is 0 Å². The van der Waals surface area contributed by atoms with Crippen molar-refractivity contribution in [3.05, 3.63) is 47.5 Å². The van der Waals surface area contributed by atoms with Crippen molar-refractivity contribution in [1.82, 2.24) is 4.90 Å². The van der Waals surface area contributed by atoms with Crippen molar-refractivity contribution in [2.45, 2.75) is 25.9 Å². The van der Waals surface area contributed by atoms with Gasteiger partial charge in [0.25, 0.3) is 5.91 Å². The first kappa shape index (κ1) is 19.1. The molecule has 0 saturated heterocycles. The lowest BCUT2D eigenvalue weighted by atomic mass is 10.1. The summed E-state index contributed by atoms with van der Waals surface area (Å²) in [4.78, 5) is 26.4. The number of carbonyl (C=O) groups is 2. The fourth-order valence-electron chi connectivity index (χ4n) is 3.46. The van der Waals surface area contributed by atoms with Gasteiger partial charge in [-0.15, -0.1) is 0 Å². The predicted octanol–water partition coefficient (Wildman–Crippen LogP) is 2.97. The molecule has 1 N–H and O–H groups in total. The Morgan fingerprint density at radius 1 is 1.21 bits per heavy atom. The van der Waals surface area contributed by atoms with Gasteiger partial charge in [0.15, 0.2) is 18.1 Å². The Kier molecular flexibility index (Phi) is 5.29. The van der Waals surface area contributed by atoms with Gasteiger partial charge in [0.05, 0.1) is 14.2 Å². The van der Waals surface area contributed by atoms with E-state index in [4.69, 9.17) is 14.2 Å². The lowest BCUT2D eigenvalue weighted by Gasteiger charge is -2.22. The summed E-state index contributed by atoms with van der Waals surface area (Å²) < 4.78 is 16.5. The Labute approximate surface area is 169 Å². The van der Waals surface area contributed by atoms with E-state index >= 15 is 0 Å². The van der Waals surface area contributed by atoms with Gasteiger partial charge >= 0.3 is 0 Å². The first-order chi connectivity index (χ1) is 14.1. The molecule has 7 heteroatoms. The first-order valence-corrected chi connectivity index (χ1v) is 9.63. The highest BCUT2D eigenvalue weighted by Gasteiger charge is 2.30. The summed E-state index contributed by atoms with van der Waals surface area (Å²) in [6.07, 6.45) is 1.90. The molecular formula is C22H24N2O5. The topological polar surface area (TPSA) is 77.1 Å². The molecule has 1 fully saturated rings. The Balaban J connectivity index is 1.57. The van der Waals surface area contributed by atoms with Crippen molar-refractivity contribution < 1.29 is 23.8 Å². The van der Waals surface area contributed by atoms with Gasteiger partial charge in [-0.1, -0.05) is 12.1 Å². The van der Waals surface area contributed by atoms with Crippen molar-refractivity contribution in [1.29, 1.82) is 0 Å². The minimum atomic E-state index is -0.116. The maximum absolute atomic E-state index is 12.7. The molecule has 1 aliphatic carbocycles. The summed E-state index contributed by atoms with van der Waals surface area (Å²) in [6.45, 7) is 0.704. The van der Waals surface area contributed by atoms with E-state index in [1.165, 1.54) is 0 Å². The molecule has 7 nitrogen and oxygen atoms in total. The van der Waals surface area contributed by atoms with E-state index in [0.717, 1.165) is 29.7 Å². The molecule has 2 aromatic carbocycles. The number of rotatable bonds is 6. The molecule has 29 heavy (non-hydrogen) atoms. The molecule has 1 heterocycles. The summed E-state index contributed by atoms with van der Waals surface area (Å²) in [5.74, 6) is 1.95. The number of hydrogen-bond acceptors (Lipinski definition) is 5. The van der Waals surface area contributed by atoms with E-state index in [9.17, 15) is 9.59 Å². The van der Waals surface area contributed by atoms with Crippen molar-refractivity contribution >= 4 is 17.5 Å². The number of benzene rings is 2. The fourth-order valence-corrected chi connectivity index (χ4v) is 3.46. The second-order valence-electron chi connectivity index (χ2n) is 7.28. The molecule has 0 spiro atoms. The zero-order valence-electron chi connectivity index (χ0n) is 16.6. The van der Waals surface area contributed by atoms with E-state index in [-0.39, 0.29) is 24.3 Å². The molecular weight excluding hydrogens is 372 g/mol. The summed E-state index contributed by atoms with van der Waals surface area (Å²) >= 11 is 0. The molecule has 152 valence electrons. The van der Waals surface area contributed by atoms with Crippen LogP contribution in [0.4, 0.5) is 5.69 Å². The van der Waals surface area contributed by atoms with Crippen LogP contribution in [0.2, 0.25) is 0 Å². The van der Waals surface area contributed by atoms with Crippen LogP contribution in [0.1, 0.15) is 24.0 Å². The molecule has 1 aliphatic heterocycles. The summed E-state index contributed by atoms with van der Waals surface area (Å²) in [7, 11) is 3.17. The van der Waals surface area contributed by atoms with Gasteiger partial charge < -0.3 is 24.4 Å². The van der Waals surface area contributed by atoms with Crippen LogP contribution in [-0.2, 0) is 22.7 Å². The summed E-state index contributed by atoms with van der Waals surface area (Å²) in [5, 5.41) is 2.95. The predicted molar refractivity (Wildman–Crippen MR) is 107 cm³/mol. The molecule has 2 aromatic rings. The fraction of sp³-hybridized carbons (Fsp3) is 0.364. The smallest absolute Gasteiger partial charge is 0.261 e. The molecule has 0 atom stereocenters. The van der Waals surface area contributed by atoms with Gasteiger partial charge in [-0.25, -0.2) is 0 Å². The number of hydrogen-bond donors (Lipinski definition) is 1. The quantitative estimate of drug-likeness (QED) is 0.812. The minimum absolute atomic E-state index is 0.0347. The van der Waals surface area contributed by atoms with E-state index < -0.39 is 0 Å². The number of para-hydroxylation sites is 1. The third kappa shape index (κ3) is 4.13. The van der Waals surface area contributed by atoms with Crippen LogP contribution >= 0.6 is 0 Å². The average molecular weight is 396 g/mol. The standard InChI is InChI=1S/C22H24N2O5/c1-27-19-5-3-4-15(21(19)28-2)11-24-12-16-10-17(23-22(26)14-6-7-14)8-9-18(16)29-13-20(24)25/h3-5,8-10,14H,6-7,11-13H2,1-2H3,(H,23,26). The number of carbonyl (C=O) groups excluding carboxylic acids is 2. The van der Waals surface area contributed by atoms with Crippen molar-refractivity contribution in [2.24, 2.45) is 5.92 Å². The molecule has 4 rings (SSSR count). The molecule has 2 aliphatic rings. The van der Waals surface area contributed by atoms with Crippen molar-refractivity contribution in [2.75, 3.05) is 26.1 Å². The molecule has 2 amide bonds. The third-order valence-corrected chi connectivity index (χ3v) is 5.19. The molecule has 0 aromatic heterocycles. The average Bonchev–Trinajstić information content (AvgIpc) is 3.57. The van der Waals surface area contributed by atoms with Crippen LogP contribution in [-0.4, -0.2) is 37.5 Å². The highest BCUT2D eigenvalue weighted by atomic mass is 16.5. The van der Waals surface area contributed by atoms with Crippen LogP contribution in [0, 0.1) is 5.92 Å². The van der Waals surface area contributed by atoms with Crippen LogP contribution in [0.15, 0.2) is 36.4 Å². The van der Waals surface area contributed by atoms with Gasteiger partial charge in [0, 0.05) is 35.8 Å². The molecule has 0 radical (unpaired) electrons. The number of methoxy groups -OCH3 is 2. The first-order valence-electron chi connectivity index (χ1n) is 9.63. The van der Waals surface area contributed by atoms with Crippen LogP contribution in [0.5, 0.6) is 17.2 Å². The number of amides is 2. The molecule has 0 unspecified atom stereocenters. The zero-order valence-corrected chi connectivity index (χ0v) is 16.6. The van der Waals surface area contributed by atoms with Crippen LogP contribution < -0.4 is 19.5 Å². The number of ether oxygens (including phenoxy) is 3. The summed E-state index contributed by atoms with van der Waals surface area (Å²) in [5.41, 5.74) is 2.42. The van der Waals surface area contributed by atoms with E-state index in [1.807, 2.05) is 30.3 Å². The number of nitrogens with one attached hydrogen (secondary N) is 1. The van der Waals surface area contributed by atoms with E-state index in [0.29, 0.717) is 30.3 Å². The number of anilines is 1. The highest BCUT2D eigenvalue weighted by Crippen LogP contribution is 2.34.